The Morgan fingerprint density at radius 3 is 2.52 bits per heavy atom. The third kappa shape index (κ3) is 3.54. The smallest absolute Gasteiger partial charge is 0.129 e. The molecule has 1 aromatic heterocycles. The van der Waals surface area contributed by atoms with Crippen molar-refractivity contribution in [3.05, 3.63) is 42.4 Å². The minimum Gasteiger partial charge on any atom is -0.381 e. The number of likely N-dealkylation sites (N-methyl/N-ethyl adjacent to an activating group) is 1. The van der Waals surface area contributed by atoms with Crippen molar-refractivity contribution in [3.8, 4) is 11.3 Å². The zero-order chi connectivity index (χ0) is 19.7. The highest BCUT2D eigenvalue weighted by atomic mass is 16.5. The summed E-state index contributed by atoms with van der Waals surface area (Å²) < 4.78 is 8.06. The monoisotopic (exact) mass is 394 g/mol. The fourth-order valence-electron chi connectivity index (χ4n) is 5.79. The number of hydrogen-bond donors (Lipinski definition) is 0. The Morgan fingerprint density at radius 2 is 1.79 bits per heavy atom. The van der Waals surface area contributed by atoms with Gasteiger partial charge < -0.3 is 14.2 Å². The van der Waals surface area contributed by atoms with Gasteiger partial charge in [0.15, 0.2) is 0 Å². The summed E-state index contributed by atoms with van der Waals surface area (Å²) in [4.78, 5) is 10.4. The predicted molar refractivity (Wildman–Crippen MR) is 116 cm³/mol. The van der Waals surface area contributed by atoms with Crippen LogP contribution in [0.4, 0.5) is 0 Å². The molecule has 2 aromatic rings. The van der Waals surface area contributed by atoms with Gasteiger partial charge in [-0.3, -0.25) is 4.90 Å². The Labute approximate surface area is 174 Å². The van der Waals surface area contributed by atoms with Crippen molar-refractivity contribution in [3.63, 3.8) is 0 Å². The van der Waals surface area contributed by atoms with Crippen LogP contribution >= 0.6 is 0 Å². The number of piperidine rings is 1. The lowest BCUT2D eigenvalue weighted by atomic mass is 9.82. The maximum absolute atomic E-state index is 5.55. The highest BCUT2D eigenvalue weighted by Gasteiger charge is 2.46. The number of rotatable bonds is 4. The molecule has 0 bridgehead atoms. The average molecular weight is 395 g/mol. The number of hydrogen-bond acceptors (Lipinski definition) is 4. The van der Waals surface area contributed by atoms with Crippen LogP contribution in [0.25, 0.3) is 11.3 Å². The molecule has 2 saturated heterocycles. The van der Waals surface area contributed by atoms with Crippen molar-refractivity contribution >= 4 is 0 Å². The van der Waals surface area contributed by atoms with Crippen molar-refractivity contribution in [2.45, 2.75) is 44.7 Å². The number of benzene rings is 1. The van der Waals surface area contributed by atoms with Crippen molar-refractivity contribution in [1.29, 1.82) is 0 Å². The van der Waals surface area contributed by atoms with E-state index in [0.29, 0.717) is 0 Å². The summed E-state index contributed by atoms with van der Waals surface area (Å²) in [6.45, 7) is 11.1. The quantitative estimate of drug-likeness (QED) is 0.793. The van der Waals surface area contributed by atoms with Crippen LogP contribution in [0, 0.1) is 5.92 Å². The minimum absolute atomic E-state index is 0.103. The highest BCUT2D eigenvalue weighted by Crippen LogP contribution is 2.42. The van der Waals surface area contributed by atoms with Crippen LogP contribution in [0.15, 0.2) is 36.5 Å². The van der Waals surface area contributed by atoms with E-state index in [2.05, 4.69) is 57.8 Å². The van der Waals surface area contributed by atoms with Crippen LogP contribution in [0.5, 0.6) is 0 Å². The third-order valence-electron chi connectivity index (χ3n) is 7.46. The van der Waals surface area contributed by atoms with Crippen LogP contribution in [0.3, 0.4) is 0 Å². The molecule has 156 valence electrons. The molecule has 29 heavy (non-hydrogen) atoms. The van der Waals surface area contributed by atoms with E-state index in [1.807, 2.05) is 0 Å². The van der Waals surface area contributed by atoms with Crippen LogP contribution < -0.4 is 0 Å². The molecule has 1 aromatic carbocycles. The second-order valence-electron chi connectivity index (χ2n) is 8.95. The fourth-order valence-corrected chi connectivity index (χ4v) is 5.79. The summed E-state index contributed by atoms with van der Waals surface area (Å²) in [7, 11) is 0. The summed E-state index contributed by atoms with van der Waals surface area (Å²) in [5, 5.41) is 0. The van der Waals surface area contributed by atoms with Crippen LogP contribution in [-0.4, -0.2) is 65.3 Å². The van der Waals surface area contributed by atoms with Gasteiger partial charge in [-0.25, -0.2) is 4.98 Å². The third-order valence-corrected chi connectivity index (χ3v) is 7.46. The van der Waals surface area contributed by atoms with E-state index >= 15 is 0 Å². The number of likely N-dealkylation sites (tertiary alicyclic amines) is 1. The first-order valence-corrected chi connectivity index (χ1v) is 11.5. The van der Waals surface area contributed by atoms with Gasteiger partial charge >= 0.3 is 0 Å². The van der Waals surface area contributed by atoms with Gasteiger partial charge in [-0.05, 0) is 43.7 Å². The maximum Gasteiger partial charge on any atom is 0.129 e. The van der Waals surface area contributed by atoms with Gasteiger partial charge in [0.25, 0.3) is 0 Å². The maximum atomic E-state index is 5.55. The van der Waals surface area contributed by atoms with Crippen LogP contribution in [0.1, 0.15) is 38.4 Å². The highest BCUT2D eigenvalue weighted by molar-refractivity contribution is 5.59. The molecule has 5 heteroatoms. The summed E-state index contributed by atoms with van der Waals surface area (Å²) >= 11 is 0. The number of nitrogens with zero attached hydrogens (tertiary/aromatic N) is 4. The Balaban J connectivity index is 1.38. The zero-order valence-corrected chi connectivity index (χ0v) is 17.7. The van der Waals surface area contributed by atoms with Crippen molar-refractivity contribution in [1.82, 2.24) is 19.4 Å². The lowest BCUT2D eigenvalue weighted by Gasteiger charge is -2.51. The molecule has 0 radical (unpaired) electrons. The Kier molecular flexibility index (Phi) is 5.46. The molecule has 0 aliphatic carbocycles. The first-order chi connectivity index (χ1) is 14.3. The molecule has 4 heterocycles. The molecule has 2 fully saturated rings. The van der Waals surface area contributed by atoms with E-state index in [0.717, 1.165) is 38.8 Å². The van der Waals surface area contributed by atoms with E-state index in [1.54, 1.807) is 0 Å². The molecule has 3 aliphatic heterocycles. The van der Waals surface area contributed by atoms with Gasteiger partial charge in [0.2, 0.25) is 0 Å². The molecule has 5 rings (SSSR count). The van der Waals surface area contributed by atoms with E-state index < -0.39 is 0 Å². The lowest BCUT2D eigenvalue weighted by molar-refractivity contribution is -0.0156. The fraction of sp³-hybridized carbons (Fsp3) is 0.625. The largest absolute Gasteiger partial charge is 0.381 e. The minimum atomic E-state index is 0.103. The Hall–Kier alpha value is -1.69. The predicted octanol–water partition coefficient (Wildman–Crippen LogP) is 3.60. The molecule has 1 spiro atoms. The second kappa shape index (κ2) is 8.21. The van der Waals surface area contributed by atoms with Crippen molar-refractivity contribution < 1.29 is 4.74 Å². The molecular weight excluding hydrogens is 360 g/mol. The molecule has 5 nitrogen and oxygen atoms in total. The van der Waals surface area contributed by atoms with Crippen LogP contribution in [0.2, 0.25) is 0 Å². The van der Waals surface area contributed by atoms with Gasteiger partial charge in [-0.15, -0.1) is 0 Å². The molecule has 0 amide bonds. The lowest BCUT2D eigenvalue weighted by Crippen LogP contribution is -2.58. The standard InChI is InChI=1S/C24H34N4O/c1-2-27-14-15-28-22(21-6-4-3-5-7-21)18-25-23(28)24(27)10-12-26(13-11-24)19-20-8-16-29-17-9-20/h3-7,18,20H,2,8-17,19H2,1H3. The van der Waals surface area contributed by atoms with Gasteiger partial charge in [-0.2, -0.15) is 0 Å². The van der Waals surface area contributed by atoms with Gasteiger partial charge in [0, 0.05) is 45.9 Å². The molecule has 0 atom stereocenters. The summed E-state index contributed by atoms with van der Waals surface area (Å²) in [5.41, 5.74) is 2.66. The average Bonchev–Trinajstić information content (AvgIpc) is 3.22. The second-order valence-corrected chi connectivity index (χ2v) is 8.95. The number of fused-ring (bicyclic) bond motifs is 2. The Morgan fingerprint density at radius 1 is 1.03 bits per heavy atom. The molecule has 0 N–H and O–H groups in total. The topological polar surface area (TPSA) is 33.5 Å². The summed E-state index contributed by atoms with van der Waals surface area (Å²) in [6, 6.07) is 10.8. The molecule has 0 unspecified atom stereocenters. The number of ether oxygens (including phenoxy) is 1. The first-order valence-electron chi connectivity index (χ1n) is 11.5. The number of imidazole rings is 1. The SMILES string of the molecule is CCN1CCn2c(-c3ccccc3)cnc2C12CCN(CC1CCOCC1)CC2. The summed E-state index contributed by atoms with van der Waals surface area (Å²) in [5.74, 6) is 2.12. The first kappa shape index (κ1) is 19.3. The van der Waals surface area contributed by atoms with E-state index in [-0.39, 0.29) is 5.54 Å². The normalized spacial score (nSPS) is 23.3. The molecule has 3 aliphatic rings. The van der Waals surface area contributed by atoms with Crippen molar-refractivity contribution in [2.24, 2.45) is 5.92 Å². The Bertz CT molecular complexity index is 804. The molecular formula is C24H34N4O. The molecule has 0 saturated carbocycles. The van der Waals surface area contributed by atoms with Gasteiger partial charge in [0.1, 0.15) is 5.82 Å². The van der Waals surface area contributed by atoms with Crippen molar-refractivity contribution in [2.75, 3.05) is 45.9 Å². The van der Waals surface area contributed by atoms with E-state index in [1.165, 1.54) is 62.4 Å². The van der Waals surface area contributed by atoms with E-state index in [4.69, 9.17) is 9.72 Å². The summed E-state index contributed by atoms with van der Waals surface area (Å²) in [6.07, 6.45) is 6.95. The van der Waals surface area contributed by atoms with Crippen LogP contribution in [-0.2, 0) is 16.8 Å². The van der Waals surface area contributed by atoms with Gasteiger partial charge in [0.05, 0.1) is 17.4 Å². The zero-order valence-electron chi connectivity index (χ0n) is 17.7. The van der Waals surface area contributed by atoms with E-state index in [9.17, 15) is 0 Å². The van der Waals surface area contributed by atoms with Gasteiger partial charge in [-0.1, -0.05) is 37.3 Å². The number of aromatic nitrogens is 2.